The second-order valence-electron chi connectivity index (χ2n) is 11.0. The summed E-state index contributed by atoms with van der Waals surface area (Å²) >= 11 is 0. The molecule has 0 saturated carbocycles. The molecular weight excluding hydrogens is 383 g/mol. The highest BCUT2D eigenvalue weighted by molar-refractivity contribution is 6.69. The van der Waals surface area contributed by atoms with Crippen LogP contribution in [-0.4, -0.2) is 7.28 Å². The van der Waals surface area contributed by atoms with Crippen LogP contribution in [0.4, 0.5) is 0 Å². The van der Waals surface area contributed by atoms with Crippen molar-refractivity contribution < 1.29 is 0 Å². The molecule has 0 saturated heterocycles. The van der Waals surface area contributed by atoms with Gasteiger partial charge in [0.15, 0.2) is 7.28 Å². The Kier molecular flexibility index (Phi) is 7.38. The van der Waals surface area contributed by atoms with Gasteiger partial charge in [-0.1, -0.05) is 123 Å². The first kappa shape index (κ1) is 24.4. The number of rotatable bonds is 6. The van der Waals surface area contributed by atoms with Gasteiger partial charge in [-0.25, -0.2) is 0 Å². The van der Waals surface area contributed by atoms with Crippen molar-refractivity contribution >= 4 is 18.2 Å². The van der Waals surface area contributed by atoms with Gasteiger partial charge in [-0.2, -0.15) is 0 Å². The minimum absolute atomic E-state index is 0.189. The zero-order valence-corrected chi connectivity index (χ0v) is 21.8. The lowest BCUT2D eigenvalue weighted by Crippen LogP contribution is -2.34. The van der Waals surface area contributed by atoms with Crippen LogP contribution >= 0.6 is 0 Å². The van der Waals surface area contributed by atoms with E-state index in [1.165, 1.54) is 68.3 Å². The number of hydrogen-bond acceptors (Lipinski definition) is 0. The lowest BCUT2D eigenvalue weighted by atomic mass is 9.58. The molecule has 3 aromatic carbocycles. The normalized spacial score (nSPS) is 12.7. The average molecular weight is 424 g/mol. The Morgan fingerprint density at radius 3 is 1.62 bits per heavy atom. The first-order chi connectivity index (χ1) is 15.0. The van der Waals surface area contributed by atoms with Gasteiger partial charge in [0.2, 0.25) is 0 Å². The van der Waals surface area contributed by atoms with Crippen molar-refractivity contribution in [1.29, 1.82) is 0 Å². The first-order valence-electron chi connectivity index (χ1n) is 12.3. The highest BCUT2D eigenvalue weighted by Gasteiger charge is 2.15. The summed E-state index contributed by atoms with van der Waals surface area (Å²) in [5.41, 5.74) is 14.3. The third kappa shape index (κ3) is 5.55. The van der Waals surface area contributed by atoms with Crippen LogP contribution in [0.2, 0.25) is 0 Å². The topological polar surface area (TPSA) is 0 Å². The molecule has 1 heteroatoms. The largest absolute Gasteiger partial charge is 0.193 e. The summed E-state index contributed by atoms with van der Waals surface area (Å²) in [6.07, 6.45) is 2.42. The fourth-order valence-electron chi connectivity index (χ4n) is 4.80. The van der Waals surface area contributed by atoms with Gasteiger partial charge in [-0.15, -0.1) is 0 Å². The predicted octanol–water partition coefficient (Wildman–Crippen LogP) is 6.86. The predicted molar refractivity (Wildman–Crippen MR) is 146 cm³/mol. The van der Waals surface area contributed by atoms with Crippen molar-refractivity contribution in [3.63, 3.8) is 0 Å². The Morgan fingerprint density at radius 1 is 0.719 bits per heavy atom. The van der Waals surface area contributed by atoms with Crippen LogP contribution in [0.15, 0.2) is 48.5 Å². The van der Waals surface area contributed by atoms with Crippen LogP contribution in [0.25, 0.3) is 11.1 Å². The fourth-order valence-corrected chi connectivity index (χ4v) is 4.80. The highest BCUT2D eigenvalue weighted by Crippen LogP contribution is 2.27. The monoisotopic (exact) mass is 424 g/mol. The molecule has 0 amide bonds. The maximum atomic E-state index is 2.42. The van der Waals surface area contributed by atoms with Crippen molar-refractivity contribution in [2.75, 3.05) is 0 Å². The zero-order valence-electron chi connectivity index (χ0n) is 21.8. The van der Waals surface area contributed by atoms with Crippen molar-refractivity contribution in [3.8, 4) is 11.1 Å². The van der Waals surface area contributed by atoms with Gasteiger partial charge >= 0.3 is 0 Å². The van der Waals surface area contributed by atoms with Gasteiger partial charge in [0.25, 0.3) is 0 Å². The number of hydrogen-bond donors (Lipinski definition) is 0. The molecule has 0 aliphatic rings. The summed E-state index contributed by atoms with van der Waals surface area (Å²) < 4.78 is 0. The molecule has 32 heavy (non-hydrogen) atoms. The summed E-state index contributed by atoms with van der Waals surface area (Å²) in [5, 5.41) is 0. The molecule has 0 radical (unpaired) electrons. The Balaban J connectivity index is 1.89. The second kappa shape index (κ2) is 9.69. The lowest BCUT2D eigenvalue weighted by molar-refractivity contribution is 0.560. The zero-order chi connectivity index (χ0) is 23.6. The van der Waals surface area contributed by atoms with Crippen LogP contribution in [0.1, 0.15) is 74.4 Å². The van der Waals surface area contributed by atoms with Crippen LogP contribution < -0.4 is 10.9 Å². The summed E-state index contributed by atoms with van der Waals surface area (Å²) in [4.78, 5) is 0. The average Bonchev–Trinajstić information content (AvgIpc) is 2.71. The summed E-state index contributed by atoms with van der Waals surface area (Å²) in [5.74, 6) is 0.745. The van der Waals surface area contributed by atoms with Crippen molar-refractivity contribution in [2.24, 2.45) is 5.92 Å². The third-order valence-electron chi connectivity index (χ3n) is 7.17. The molecule has 0 aliphatic heterocycles. The van der Waals surface area contributed by atoms with Crippen molar-refractivity contribution in [1.82, 2.24) is 0 Å². The molecule has 0 nitrogen and oxygen atoms in total. The molecule has 3 rings (SSSR count). The van der Waals surface area contributed by atoms with E-state index in [0.717, 1.165) is 13.2 Å². The smallest absolute Gasteiger partial charge is 0.0728 e. The maximum absolute atomic E-state index is 2.42. The standard InChI is InChI=1S/C31H41B/c1-10-20(2)15-25-16-21(3)29(22(4)17-25)32-30-23(5)18-27(19-24(30)6)26-11-13-28(14-12-26)31(7,8)9/h11-14,16-20,32H,10,15H2,1-9H3. The molecule has 0 aromatic heterocycles. The first-order valence-corrected chi connectivity index (χ1v) is 12.3. The fraction of sp³-hybridized carbons (Fsp3) is 0.419. The van der Waals surface area contributed by atoms with Crippen LogP contribution in [0, 0.1) is 33.6 Å². The van der Waals surface area contributed by atoms with Gasteiger partial charge in [-0.3, -0.25) is 0 Å². The molecule has 168 valence electrons. The summed E-state index contributed by atoms with van der Waals surface area (Å²) in [6.45, 7) is 20.6. The molecule has 0 N–H and O–H groups in total. The highest BCUT2D eigenvalue weighted by atomic mass is 14.2. The van der Waals surface area contributed by atoms with Gasteiger partial charge in [0.1, 0.15) is 0 Å². The summed E-state index contributed by atoms with van der Waals surface area (Å²) in [6, 6.07) is 18.7. The molecule has 3 aromatic rings. The van der Waals surface area contributed by atoms with Crippen LogP contribution in [0.5, 0.6) is 0 Å². The molecule has 0 bridgehead atoms. The number of aryl methyl sites for hydroxylation is 4. The van der Waals surface area contributed by atoms with Crippen molar-refractivity contribution in [2.45, 2.75) is 80.6 Å². The minimum atomic E-state index is 0.189. The van der Waals surface area contributed by atoms with E-state index in [1.54, 1.807) is 0 Å². The Hall–Kier alpha value is -2.28. The van der Waals surface area contributed by atoms with E-state index in [4.69, 9.17) is 0 Å². The minimum Gasteiger partial charge on any atom is -0.0728 e. The quantitative estimate of drug-likeness (QED) is 0.379. The van der Waals surface area contributed by atoms with E-state index in [0.29, 0.717) is 0 Å². The molecule has 0 heterocycles. The molecule has 1 atom stereocenters. The van der Waals surface area contributed by atoms with E-state index >= 15 is 0 Å². The van der Waals surface area contributed by atoms with Gasteiger partial charge in [0, 0.05) is 0 Å². The summed E-state index contributed by atoms with van der Waals surface area (Å²) in [7, 11) is 1.02. The SMILES string of the molecule is CCC(C)Cc1cc(C)c(Bc2c(C)cc(-c3ccc(C(C)(C)C)cc3)cc2C)c(C)c1. The maximum Gasteiger partial charge on any atom is 0.193 e. The van der Waals surface area contributed by atoms with E-state index in [9.17, 15) is 0 Å². The Labute approximate surface area is 197 Å². The molecule has 0 fully saturated rings. The van der Waals surface area contributed by atoms with E-state index < -0.39 is 0 Å². The van der Waals surface area contributed by atoms with Crippen molar-refractivity contribution in [3.05, 3.63) is 81.9 Å². The Morgan fingerprint density at radius 2 is 1.19 bits per heavy atom. The Bertz CT molecular complexity index is 1030. The van der Waals surface area contributed by atoms with Crippen LogP contribution in [-0.2, 0) is 11.8 Å². The van der Waals surface area contributed by atoms with E-state index in [2.05, 4.69) is 111 Å². The molecule has 0 spiro atoms. The molecule has 1 unspecified atom stereocenters. The van der Waals surface area contributed by atoms with E-state index in [-0.39, 0.29) is 5.41 Å². The lowest BCUT2D eigenvalue weighted by Gasteiger charge is -2.20. The van der Waals surface area contributed by atoms with Gasteiger partial charge in [-0.05, 0) is 67.7 Å². The number of benzene rings is 3. The van der Waals surface area contributed by atoms with Crippen LogP contribution in [0.3, 0.4) is 0 Å². The molecular formula is C31H41B. The van der Waals surface area contributed by atoms with E-state index in [1.807, 2.05) is 0 Å². The molecule has 0 aliphatic carbocycles. The second-order valence-corrected chi connectivity index (χ2v) is 11.0. The van der Waals surface area contributed by atoms with Gasteiger partial charge in [0.05, 0.1) is 0 Å². The third-order valence-corrected chi connectivity index (χ3v) is 7.17. The van der Waals surface area contributed by atoms with Gasteiger partial charge < -0.3 is 0 Å².